The smallest absolute Gasteiger partial charge is 0.312 e. The number of hydrogen-bond donors (Lipinski definition) is 1. The lowest BCUT2D eigenvalue weighted by Crippen LogP contribution is -2.28. The van der Waals surface area contributed by atoms with Crippen LogP contribution in [-0.4, -0.2) is 30.4 Å². The molecule has 0 spiro atoms. The summed E-state index contributed by atoms with van der Waals surface area (Å²) in [5.41, 5.74) is 2.66. The summed E-state index contributed by atoms with van der Waals surface area (Å²) in [6.45, 7) is 2.52. The molecule has 1 N–H and O–H groups in total. The van der Waals surface area contributed by atoms with Crippen molar-refractivity contribution in [2.24, 2.45) is 10.9 Å². The maximum absolute atomic E-state index is 11.3. The van der Waals surface area contributed by atoms with Crippen molar-refractivity contribution in [1.82, 2.24) is 0 Å². The van der Waals surface area contributed by atoms with Gasteiger partial charge in [-0.25, -0.2) is 0 Å². The molecule has 4 heteroatoms. The van der Waals surface area contributed by atoms with Gasteiger partial charge in [-0.15, -0.1) is 0 Å². The SMILES string of the molecule is CCC(C(=O)O)C1=NCCc2cccc(OC)c21. The number of aliphatic imine (C=N–C) groups is 1. The van der Waals surface area contributed by atoms with Crippen LogP contribution in [0.15, 0.2) is 23.2 Å². The van der Waals surface area contributed by atoms with Gasteiger partial charge < -0.3 is 9.84 Å². The topological polar surface area (TPSA) is 58.9 Å². The molecule has 0 amide bonds. The average Bonchev–Trinajstić information content (AvgIpc) is 2.38. The first-order valence-corrected chi connectivity index (χ1v) is 6.12. The molecule has 0 saturated heterocycles. The molecule has 1 aliphatic rings. The lowest BCUT2D eigenvalue weighted by Gasteiger charge is -2.23. The minimum Gasteiger partial charge on any atom is -0.496 e. The van der Waals surface area contributed by atoms with Crippen molar-refractivity contribution in [2.75, 3.05) is 13.7 Å². The molecule has 1 aliphatic heterocycles. The molecule has 0 aliphatic carbocycles. The van der Waals surface area contributed by atoms with E-state index in [4.69, 9.17) is 4.74 Å². The van der Waals surface area contributed by atoms with E-state index in [1.807, 2.05) is 25.1 Å². The van der Waals surface area contributed by atoms with Crippen LogP contribution in [0.1, 0.15) is 24.5 Å². The number of hydrogen-bond acceptors (Lipinski definition) is 3. The van der Waals surface area contributed by atoms with Crippen molar-refractivity contribution in [3.05, 3.63) is 29.3 Å². The van der Waals surface area contributed by atoms with Crippen LogP contribution in [0.3, 0.4) is 0 Å². The molecule has 0 radical (unpaired) electrons. The fourth-order valence-corrected chi connectivity index (χ4v) is 2.39. The number of fused-ring (bicyclic) bond motifs is 1. The highest BCUT2D eigenvalue weighted by Gasteiger charge is 2.29. The Morgan fingerprint density at radius 3 is 2.94 bits per heavy atom. The lowest BCUT2D eigenvalue weighted by molar-refractivity contribution is -0.139. The van der Waals surface area contributed by atoms with E-state index in [0.29, 0.717) is 24.4 Å². The highest BCUT2D eigenvalue weighted by atomic mass is 16.5. The van der Waals surface area contributed by atoms with E-state index in [1.54, 1.807) is 7.11 Å². The number of carboxylic acids is 1. The Balaban J connectivity index is 2.53. The van der Waals surface area contributed by atoms with Gasteiger partial charge in [0.2, 0.25) is 0 Å². The number of nitrogens with zero attached hydrogens (tertiary/aromatic N) is 1. The lowest BCUT2D eigenvalue weighted by atomic mass is 9.87. The third kappa shape index (κ3) is 2.10. The van der Waals surface area contributed by atoms with E-state index in [1.165, 1.54) is 0 Å². The Bertz CT molecular complexity index is 494. The molecule has 2 rings (SSSR count). The quantitative estimate of drug-likeness (QED) is 0.886. The van der Waals surface area contributed by atoms with Gasteiger partial charge in [0.25, 0.3) is 0 Å². The van der Waals surface area contributed by atoms with Crippen molar-refractivity contribution in [2.45, 2.75) is 19.8 Å². The highest BCUT2D eigenvalue weighted by molar-refractivity contribution is 6.14. The van der Waals surface area contributed by atoms with E-state index in [0.717, 1.165) is 17.5 Å². The molecule has 0 aromatic heterocycles. The predicted octanol–water partition coefficient (Wildman–Crippen LogP) is 2.15. The van der Waals surface area contributed by atoms with Gasteiger partial charge in [0.15, 0.2) is 0 Å². The van der Waals surface area contributed by atoms with Crippen molar-refractivity contribution < 1.29 is 14.6 Å². The molecular formula is C14H17NO3. The Morgan fingerprint density at radius 2 is 2.33 bits per heavy atom. The normalized spacial score (nSPS) is 15.6. The largest absolute Gasteiger partial charge is 0.496 e. The molecule has 96 valence electrons. The Kier molecular flexibility index (Phi) is 3.65. The van der Waals surface area contributed by atoms with Gasteiger partial charge in [0, 0.05) is 12.1 Å². The summed E-state index contributed by atoms with van der Waals surface area (Å²) in [4.78, 5) is 15.7. The zero-order valence-electron chi connectivity index (χ0n) is 10.6. The summed E-state index contributed by atoms with van der Waals surface area (Å²) in [6.07, 6.45) is 1.37. The molecule has 18 heavy (non-hydrogen) atoms. The third-order valence-electron chi connectivity index (χ3n) is 3.29. The number of aliphatic carboxylic acids is 1. The molecule has 4 nitrogen and oxygen atoms in total. The van der Waals surface area contributed by atoms with Gasteiger partial charge in [-0.1, -0.05) is 19.1 Å². The summed E-state index contributed by atoms with van der Waals surface area (Å²) >= 11 is 0. The first kappa shape index (κ1) is 12.6. The van der Waals surface area contributed by atoms with Crippen LogP contribution in [0.4, 0.5) is 0 Å². The van der Waals surface area contributed by atoms with Crippen molar-refractivity contribution in [3.63, 3.8) is 0 Å². The summed E-state index contributed by atoms with van der Waals surface area (Å²) in [6, 6.07) is 5.80. The molecule has 1 unspecified atom stereocenters. The van der Waals surface area contributed by atoms with Gasteiger partial charge in [-0.2, -0.15) is 0 Å². The summed E-state index contributed by atoms with van der Waals surface area (Å²) in [7, 11) is 1.60. The Hall–Kier alpha value is -1.84. The molecular weight excluding hydrogens is 230 g/mol. The second-order valence-electron chi connectivity index (χ2n) is 4.31. The number of carbonyl (C=O) groups is 1. The third-order valence-corrected chi connectivity index (χ3v) is 3.29. The van der Waals surface area contributed by atoms with Gasteiger partial charge in [-0.05, 0) is 24.5 Å². The molecule has 0 saturated carbocycles. The average molecular weight is 247 g/mol. The predicted molar refractivity (Wildman–Crippen MR) is 69.5 cm³/mol. The zero-order valence-corrected chi connectivity index (χ0v) is 10.6. The van der Waals surface area contributed by atoms with Crippen LogP contribution >= 0.6 is 0 Å². The number of ether oxygens (including phenoxy) is 1. The standard InChI is InChI=1S/C14H17NO3/c1-3-10(14(16)17)13-12-9(7-8-15-13)5-4-6-11(12)18-2/h4-6,10H,3,7-8H2,1-2H3,(H,16,17). The Labute approximate surface area is 106 Å². The highest BCUT2D eigenvalue weighted by Crippen LogP contribution is 2.30. The molecule has 0 fully saturated rings. The van der Waals surface area contributed by atoms with E-state index in [9.17, 15) is 9.90 Å². The molecule has 1 heterocycles. The van der Waals surface area contributed by atoms with Gasteiger partial charge in [0.1, 0.15) is 5.75 Å². The minimum atomic E-state index is -0.824. The fraction of sp³-hybridized carbons (Fsp3) is 0.429. The van der Waals surface area contributed by atoms with Crippen LogP contribution < -0.4 is 4.74 Å². The fourth-order valence-electron chi connectivity index (χ4n) is 2.39. The first-order chi connectivity index (χ1) is 8.69. The maximum Gasteiger partial charge on any atom is 0.312 e. The van der Waals surface area contributed by atoms with Crippen molar-refractivity contribution in [3.8, 4) is 5.75 Å². The van der Waals surface area contributed by atoms with Crippen molar-refractivity contribution >= 4 is 11.7 Å². The number of rotatable bonds is 4. The van der Waals surface area contributed by atoms with Crippen molar-refractivity contribution in [1.29, 1.82) is 0 Å². The van der Waals surface area contributed by atoms with Crippen LogP contribution in [-0.2, 0) is 11.2 Å². The van der Waals surface area contributed by atoms with Crippen LogP contribution in [0.5, 0.6) is 5.75 Å². The summed E-state index contributed by atoms with van der Waals surface area (Å²) < 4.78 is 5.34. The molecule has 0 bridgehead atoms. The second kappa shape index (κ2) is 5.21. The van der Waals surface area contributed by atoms with Gasteiger partial charge in [0.05, 0.1) is 18.7 Å². The maximum atomic E-state index is 11.3. The minimum absolute atomic E-state index is 0.533. The van der Waals surface area contributed by atoms with Crippen LogP contribution in [0.2, 0.25) is 0 Å². The van der Waals surface area contributed by atoms with E-state index < -0.39 is 11.9 Å². The van der Waals surface area contributed by atoms with Crippen LogP contribution in [0.25, 0.3) is 0 Å². The summed E-state index contributed by atoms with van der Waals surface area (Å²) in [5, 5.41) is 9.29. The second-order valence-corrected chi connectivity index (χ2v) is 4.31. The summed E-state index contributed by atoms with van der Waals surface area (Å²) in [5.74, 6) is -0.666. The molecule has 1 atom stereocenters. The molecule has 1 aromatic rings. The Morgan fingerprint density at radius 1 is 1.56 bits per heavy atom. The monoisotopic (exact) mass is 247 g/mol. The van der Waals surface area contributed by atoms with Gasteiger partial charge in [-0.3, -0.25) is 9.79 Å². The van der Waals surface area contributed by atoms with Gasteiger partial charge >= 0.3 is 5.97 Å². The van der Waals surface area contributed by atoms with E-state index in [2.05, 4.69) is 4.99 Å². The first-order valence-electron chi connectivity index (χ1n) is 6.12. The molecule has 1 aromatic carbocycles. The number of carboxylic acid groups (broad SMARTS) is 1. The number of methoxy groups -OCH3 is 1. The zero-order chi connectivity index (χ0) is 13.1. The van der Waals surface area contributed by atoms with E-state index >= 15 is 0 Å². The number of benzene rings is 1. The van der Waals surface area contributed by atoms with Crippen LogP contribution in [0, 0.1) is 5.92 Å². The van der Waals surface area contributed by atoms with E-state index in [-0.39, 0.29) is 0 Å².